The quantitative estimate of drug-likeness (QED) is 0.671. The number of benzene rings is 1. The lowest BCUT2D eigenvalue weighted by Crippen LogP contribution is -2.25. The minimum atomic E-state index is -0.237. The first-order valence-electron chi connectivity index (χ1n) is 7.92. The van der Waals surface area contributed by atoms with Gasteiger partial charge in [0.2, 0.25) is 5.91 Å². The van der Waals surface area contributed by atoms with Gasteiger partial charge in [0, 0.05) is 30.8 Å². The number of aryl methyl sites for hydroxylation is 3. The highest BCUT2D eigenvalue weighted by molar-refractivity contribution is 5.76. The lowest BCUT2D eigenvalue weighted by molar-refractivity contribution is -0.121. The van der Waals surface area contributed by atoms with Gasteiger partial charge in [0.05, 0.1) is 11.0 Å². The number of hydrogen-bond acceptors (Lipinski definition) is 3. The summed E-state index contributed by atoms with van der Waals surface area (Å²) >= 11 is 0. The van der Waals surface area contributed by atoms with Crippen LogP contribution in [0.1, 0.15) is 29.1 Å². The molecule has 0 atom stereocenters. The molecular weight excluding hydrogens is 304 g/mol. The summed E-state index contributed by atoms with van der Waals surface area (Å²) in [6, 6.07) is 9.38. The lowest BCUT2D eigenvalue weighted by Gasteiger charge is -2.05. The predicted molar refractivity (Wildman–Crippen MR) is 92.8 cm³/mol. The molecule has 0 fully saturated rings. The van der Waals surface area contributed by atoms with Gasteiger partial charge in [-0.2, -0.15) is 0 Å². The number of amides is 1. The van der Waals surface area contributed by atoms with Gasteiger partial charge in [0.1, 0.15) is 5.69 Å². The molecule has 0 aliphatic rings. The molecule has 0 radical (unpaired) electrons. The monoisotopic (exact) mass is 324 g/mol. The largest absolute Gasteiger partial charge is 0.362 e. The van der Waals surface area contributed by atoms with Crippen molar-refractivity contribution in [1.82, 2.24) is 20.3 Å². The Morgan fingerprint density at radius 2 is 2.00 bits per heavy atom. The van der Waals surface area contributed by atoms with Gasteiger partial charge in [-0.15, -0.1) is 0 Å². The molecule has 0 aliphatic heterocycles. The van der Waals surface area contributed by atoms with E-state index in [9.17, 15) is 9.59 Å². The van der Waals surface area contributed by atoms with E-state index in [4.69, 9.17) is 0 Å². The molecule has 0 spiro atoms. The van der Waals surface area contributed by atoms with Crippen LogP contribution in [0.2, 0.25) is 0 Å². The van der Waals surface area contributed by atoms with Crippen LogP contribution in [0.15, 0.2) is 35.1 Å². The number of para-hydroxylation sites is 2. The van der Waals surface area contributed by atoms with Crippen LogP contribution < -0.4 is 10.9 Å². The second-order valence-corrected chi connectivity index (χ2v) is 5.91. The molecular formula is C18H20N4O2. The standard InChI is InChI=1S/C18H20N4O2/c1-11-9-13(12(2)20-11)10-19-17(23)8-7-16-18(24)22-15-6-4-3-5-14(15)21-16/h3-6,9,20H,7-8,10H2,1-2H3,(H,19,23)(H,22,24). The number of rotatable bonds is 5. The molecule has 124 valence electrons. The Bertz CT molecular complexity index is 940. The van der Waals surface area contributed by atoms with Crippen LogP contribution in [-0.2, 0) is 17.8 Å². The highest BCUT2D eigenvalue weighted by Crippen LogP contribution is 2.09. The molecule has 24 heavy (non-hydrogen) atoms. The van der Waals surface area contributed by atoms with Gasteiger partial charge in [0.25, 0.3) is 5.56 Å². The summed E-state index contributed by atoms with van der Waals surface area (Å²) in [5, 5.41) is 2.88. The third-order valence-corrected chi connectivity index (χ3v) is 3.99. The summed E-state index contributed by atoms with van der Waals surface area (Å²) in [6.07, 6.45) is 0.550. The van der Waals surface area contributed by atoms with E-state index in [0.29, 0.717) is 24.2 Å². The minimum Gasteiger partial charge on any atom is -0.362 e. The van der Waals surface area contributed by atoms with Gasteiger partial charge in [0.15, 0.2) is 0 Å². The lowest BCUT2D eigenvalue weighted by atomic mass is 10.2. The first kappa shape index (κ1) is 16.0. The van der Waals surface area contributed by atoms with Crippen molar-refractivity contribution in [3.8, 4) is 0 Å². The highest BCUT2D eigenvalue weighted by Gasteiger charge is 2.09. The second-order valence-electron chi connectivity index (χ2n) is 5.91. The molecule has 6 nitrogen and oxygen atoms in total. The van der Waals surface area contributed by atoms with Crippen molar-refractivity contribution in [3.05, 3.63) is 63.3 Å². The van der Waals surface area contributed by atoms with E-state index >= 15 is 0 Å². The van der Waals surface area contributed by atoms with Crippen LogP contribution in [0.5, 0.6) is 0 Å². The molecule has 2 heterocycles. The summed E-state index contributed by atoms with van der Waals surface area (Å²) in [5.41, 5.74) is 4.78. The SMILES string of the molecule is Cc1cc(CNC(=O)CCc2nc3ccccc3[nH]c2=O)c(C)[nH]1. The summed E-state index contributed by atoms with van der Waals surface area (Å²) in [5.74, 6) is -0.0948. The van der Waals surface area contributed by atoms with E-state index in [1.165, 1.54) is 0 Å². The van der Waals surface area contributed by atoms with Crippen molar-refractivity contribution in [2.24, 2.45) is 0 Å². The number of carbonyl (C=O) groups excluding carboxylic acids is 1. The maximum atomic E-state index is 12.0. The van der Waals surface area contributed by atoms with Crippen molar-refractivity contribution >= 4 is 16.9 Å². The first-order valence-corrected chi connectivity index (χ1v) is 7.92. The van der Waals surface area contributed by atoms with Crippen LogP contribution in [0.4, 0.5) is 0 Å². The summed E-state index contributed by atoms with van der Waals surface area (Å²) < 4.78 is 0. The Labute approximate surface area is 139 Å². The Hall–Kier alpha value is -2.89. The van der Waals surface area contributed by atoms with Crippen LogP contribution in [0.3, 0.4) is 0 Å². The molecule has 3 aromatic rings. The summed E-state index contributed by atoms with van der Waals surface area (Å²) in [7, 11) is 0. The Morgan fingerprint density at radius 1 is 1.21 bits per heavy atom. The molecule has 3 rings (SSSR count). The molecule has 0 aliphatic carbocycles. The Morgan fingerprint density at radius 3 is 2.75 bits per heavy atom. The number of nitrogens with one attached hydrogen (secondary N) is 3. The normalized spacial score (nSPS) is 10.9. The predicted octanol–water partition coefficient (Wildman–Crippen LogP) is 2.12. The Kier molecular flexibility index (Phi) is 4.46. The van der Waals surface area contributed by atoms with Gasteiger partial charge >= 0.3 is 0 Å². The zero-order valence-corrected chi connectivity index (χ0v) is 13.8. The van der Waals surface area contributed by atoms with Gasteiger partial charge < -0.3 is 15.3 Å². The van der Waals surface area contributed by atoms with E-state index in [2.05, 4.69) is 20.3 Å². The van der Waals surface area contributed by atoms with Gasteiger partial charge in [-0.25, -0.2) is 4.98 Å². The fourth-order valence-electron chi connectivity index (χ4n) is 2.72. The summed E-state index contributed by atoms with van der Waals surface area (Å²) in [6.45, 7) is 4.44. The van der Waals surface area contributed by atoms with Crippen LogP contribution in [0.25, 0.3) is 11.0 Å². The van der Waals surface area contributed by atoms with E-state index in [1.807, 2.05) is 38.1 Å². The topological polar surface area (TPSA) is 90.6 Å². The molecule has 3 N–H and O–H groups in total. The van der Waals surface area contributed by atoms with Crippen molar-refractivity contribution in [2.75, 3.05) is 0 Å². The van der Waals surface area contributed by atoms with Gasteiger partial charge in [-0.3, -0.25) is 9.59 Å². The number of aromatic nitrogens is 3. The van der Waals surface area contributed by atoms with Crippen molar-refractivity contribution in [2.45, 2.75) is 33.2 Å². The fraction of sp³-hybridized carbons (Fsp3) is 0.278. The Balaban J connectivity index is 1.61. The van der Waals surface area contributed by atoms with Crippen molar-refractivity contribution in [1.29, 1.82) is 0 Å². The van der Waals surface area contributed by atoms with Crippen molar-refractivity contribution < 1.29 is 4.79 Å². The van der Waals surface area contributed by atoms with Crippen LogP contribution in [-0.4, -0.2) is 20.9 Å². The molecule has 0 saturated heterocycles. The molecule has 1 aromatic carbocycles. The van der Waals surface area contributed by atoms with Crippen LogP contribution >= 0.6 is 0 Å². The van der Waals surface area contributed by atoms with Crippen molar-refractivity contribution in [3.63, 3.8) is 0 Å². The number of H-pyrrole nitrogens is 2. The summed E-state index contributed by atoms with van der Waals surface area (Å²) in [4.78, 5) is 34.4. The zero-order valence-electron chi connectivity index (χ0n) is 13.8. The molecule has 0 saturated carbocycles. The molecule has 6 heteroatoms. The molecule has 2 aromatic heterocycles. The van der Waals surface area contributed by atoms with Gasteiger partial charge in [-0.05, 0) is 37.6 Å². The first-order chi connectivity index (χ1) is 11.5. The van der Waals surface area contributed by atoms with E-state index in [-0.39, 0.29) is 17.9 Å². The number of hydrogen-bond donors (Lipinski definition) is 3. The molecule has 0 unspecified atom stereocenters. The third kappa shape index (κ3) is 3.53. The molecule has 1 amide bonds. The maximum Gasteiger partial charge on any atom is 0.270 e. The average Bonchev–Trinajstić information content (AvgIpc) is 2.88. The fourth-order valence-corrected chi connectivity index (χ4v) is 2.72. The number of fused-ring (bicyclic) bond motifs is 1. The average molecular weight is 324 g/mol. The smallest absolute Gasteiger partial charge is 0.270 e. The van der Waals surface area contributed by atoms with E-state index in [0.717, 1.165) is 22.5 Å². The molecule has 0 bridgehead atoms. The third-order valence-electron chi connectivity index (χ3n) is 3.99. The minimum absolute atomic E-state index is 0.0948. The van der Waals surface area contributed by atoms with Gasteiger partial charge in [-0.1, -0.05) is 12.1 Å². The maximum absolute atomic E-state index is 12.0. The van der Waals surface area contributed by atoms with E-state index in [1.54, 1.807) is 6.07 Å². The highest BCUT2D eigenvalue weighted by atomic mass is 16.1. The number of nitrogens with zero attached hydrogens (tertiary/aromatic N) is 1. The zero-order chi connectivity index (χ0) is 17.1. The number of carbonyl (C=O) groups is 1. The number of aromatic amines is 2. The van der Waals surface area contributed by atoms with E-state index < -0.39 is 0 Å². The van der Waals surface area contributed by atoms with Crippen LogP contribution in [0, 0.1) is 13.8 Å². The second kappa shape index (κ2) is 6.70.